The molecule has 11 heavy (non-hydrogen) atoms. The van der Waals surface area contributed by atoms with Crippen molar-refractivity contribution in [2.45, 2.75) is 0 Å². The van der Waals surface area contributed by atoms with Crippen molar-refractivity contribution in [3.8, 4) is 6.07 Å². The van der Waals surface area contributed by atoms with Crippen molar-refractivity contribution >= 4 is 12.7 Å². The third-order valence-electron chi connectivity index (χ3n) is 1.21. The normalized spacial score (nSPS) is 7.55. The molecule has 0 aliphatic rings. The van der Waals surface area contributed by atoms with E-state index in [1.807, 2.05) is 30.3 Å². The maximum absolute atomic E-state index is 8.27. The molecule has 0 bridgehead atoms. The van der Waals surface area contributed by atoms with Crippen molar-refractivity contribution in [1.29, 1.82) is 5.26 Å². The maximum atomic E-state index is 8.27. The van der Waals surface area contributed by atoms with Crippen molar-refractivity contribution in [3.05, 3.63) is 34.7 Å². The topological polar surface area (TPSA) is 23.8 Å². The van der Waals surface area contributed by atoms with Crippen LogP contribution in [0, 0.1) is 11.3 Å². The second-order valence-electron chi connectivity index (χ2n) is 2.02. The predicted molar refractivity (Wildman–Crippen MR) is 41.3 cm³/mol. The quantitative estimate of drug-likeness (QED) is 0.546. The molecule has 0 aliphatic carbocycles. The Kier molecular flexibility index (Phi) is 4.29. The maximum Gasteiger partial charge on any atom is 0.0918 e. The summed E-state index contributed by atoms with van der Waals surface area (Å²) < 4.78 is 0. The van der Waals surface area contributed by atoms with Crippen molar-refractivity contribution in [3.63, 3.8) is 0 Å². The standard InChI is InChI=1S/C9H7N.Cu/c1-8-2-4-9(5-3-8)6-7-10;/h2-6H,1H2;. The molecule has 0 spiro atoms. The summed E-state index contributed by atoms with van der Waals surface area (Å²) in [5.41, 5.74) is 0. The number of hydrogen-bond donors (Lipinski definition) is 0. The van der Waals surface area contributed by atoms with E-state index in [1.165, 1.54) is 6.08 Å². The average Bonchev–Trinajstić information content (AvgIpc) is 1.95. The van der Waals surface area contributed by atoms with Crippen molar-refractivity contribution in [2.24, 2.45) is 0 Å². The zero-order valence-electron chi connectivity index (χ0n) is 5.84. The van der Waals surface area contributed by atoms with Crippen molar-refractivity contribution in [2.75, 3.05) is 0 Å². The molecule has 0 heterocycles. The molecule has 0 N–H and O–H groups in total. The SMILES string of the molecule is C=c1ccc(=CC#N)cc1.[Cu]. The van der Waals surface area contributed by atoms with E-state index in [9.17, 15) is 0 Å². The van der Waals surface area contributed by atoms with Crippen molar-refractivity contribution in [1.82, 2.24) is 0 Å². The second-order valence-corrected chi connectivity index (χ2v) is 2.02. The van der Waals surface area contributed by atoms with Crippen LogP contribution in [0.25, 0.3) is 12.7 Å². The van der Waals surface area contributed by atoms with Gasteiger partial charge in [-0.15, -0.1) is 0 Å². The molecule has 1 aromatic carbocycles. The van der Waals surface area contributed by atoms with Gasteiger partial charge in [0.2, 0.25) is 0 Å². The molecule has 2 heteroatoms. The molecule has 0 unspecified atom stereocenters. The van der Waals surface area contributed by atoms with E-state index < -0.39 is 0 Å². The summed E-state index contributed by atoms with van der Waals surface area (Å²) in [5, 5.41) is 10.2. The van der Waals surface area contributed by atoms with Gasteiger partial charge in [0.25, 0.3) is 0 Å². The number of hydrogen-bond acceptors (Lipinski definition) is 1. The zero-order valence-corrected chi connectivity index (χ0v) is 6.78. The molecule has 0 amide bonds. The summed E-state index contributed by atoms with van der Waals surface area (Å²) in [5.74, 6) is 0. The first kappa shape index (κ1) is 9.97. The molecule has 0 saturated heterocycles. The second kappa shape index (κ2) is 4.73. The largest absolute Gasteiger partial charge is 0.193 e. The molecule has 1 rings (SSSR count). The van der Waals surface area contributed by atoms with E-state index in [4.69, 9.17) is 5.26 Å². The molecule has 1 aromatic rings. The summed E-state index contributed by atoms with van der Waals surface area (Å²) in [6, 6.07) is 9.45. The Balaban J connectivity index is 0.000001000. The van der Waals surface area contributed by atoms with Gasteiger partial charge in [0, 0.05) is 23.1 Å². The Hall–Kier alpha value is -1.03. The van der Waals surface area contributed by atoms with Crippen LogP contribution in [0.5, 0.6) is 0 Å². The van der Waals surface area contributed by atoms with Crippen LogP contribution in [0.2, 0.25) is 0 Å². The van der Waals surface area contributed by atoms with Gasteiger partial charge in [-0.05, 0) is 10.4 Å². The number of benzene rings is 1. The molecule has 0 aromatic heterocycles. The Morgan fingerprint density at radius 3 is 2.27 bits per heavy atom. The summed E-state index contributed by atoms with van der Waals surface area (Å²) in [6.07, 6.45) is 1.50. The third kappa shape index (κ3) is 3.04. The number of rotatable bonds is 0. The molecule has 0 fully saturated rings. The average molecular weight is 193 g/mol. The first-order valence-electron chi connectivity index (χ1n) is 2.98. The van der Waals surface area contributed by atoms with Gasteiger partial charge >= 0.3 is 0 Å². The van der Waals surface area contributed by atoms with Crippen molar-refractivity contribution < 1.29 is 17.1 Å². The van der Waals surface area contributed by atoms with Crippen LogP contribution in [-0.4, -0.2) is 0 Å². The van der Waals surface area contributed by atoms with E-state index >= 15 is 0 Å². The van der Waals surface area contributed by atoms with Crippen LogP contribution in [0.3, 0.4) is 0 Å². The van der Waals surface area contributed by atoms with E-state index in [0.717, 1.165) is 10.4 Å². The smallest absolute Gasteiger partial charge is 0.0918 e. The van der Waals surface area contributed by atoms with Crippen LogP contribution < -0.4 is 10.4 Å². The molecular formula is C9H7CuN. The van der Waals surface area contributed by atoms with E-state index in [2.05, 4.69) is 6.58 Å². The molecule has 59 valence electrons. The molecule has 0 saturated carbocycles. The first-order valence-corrected chi connectivity index (χ1v) is 2.98. The number of nitrogens with zero attached hydrogens (tertiary/aromatic N) is 1. The minimum atomic E-state index is 0. The van der Waals surface area contributed by atoms with Crippen LogP contribution in [0.15, 0.2) is 24.3 Å². The van der Waals surface area contributed by atoms with Crippen LogP contribution in [-0.2, 0) is 17.1 Å². The Morgan fingerprint density at radius 1 is 1.27 bits per heavy atom. The van der Waals surface area contributed by atoms with Gasteiger partial charge < -0.3 is 0 Å². The minimum Gasteiger partial charge on any atom is -0.193 e. The van der Waals surface area contributed by atoms with Crippen LogP contribution in [0.4, 0.5) is 0 Å². The monoisotopic (exact) mass is 192 g/mol. The van der Waals surface area contributed by atoms with Gasteiger partial charge in [-0.3, -0.25) is 0 Å². The molecule has 1 radical (unpaired) electrons. The molecule has 0 aliphatic heterocycles. The third-order valence-corrected chi connectivity index (χ3v) is 1.21. The fourth-order valence-electron chi connectivity index (χ4n) is 0.688. The summed E-state index contributed by atoms with van der Waals surface area (Å²) in [4.78, 5) is 0. The van der Waals surface area contributed by atoms with E-state index in [1.54, 1.807) is 0 Å². The summed E-state index contributed by atoms with van der Waals surface area (Å²) in [7, 11) is 0. The van der Waals surface area contributed by atoms with Gasteiger partial charge in [0.1, 0.15) is 0 Å². The Morgan fingerprint density at radius 2 is 1.82 bits per heavy atom. The fourth-order valence-corrected chi connectivity index (χ4v) is 0.688. The Labute approximate surface area is 76.1 Å². The van der Waals surface area contributed by atoms with Gasteiger partial charge in [-0.2, -0.15) is 5.26 Å². The fraction of sp³-hybridized carbons (Fsp3) is 0. The first-order chi connectivity index (χ1) is 4.83. The van der Waals surface area contributed by atoms with Gasteiger partial charge in [-0.25, -0.2) is 0 Å². The molecular weight excluding hydrogens is 186 g/mol. The van der Waals surface area contributed by atoms with Gasteiger partial charge in [-0.1, -0.05) is 30.8 Å². The van der Waals surface area contributed by atoms with Crippen LogP contribution in [0.1, 0.15) is 0 Å². The minimum absolute atomic E-state index is 0. The van der Waals surface area contributed by atoms with Crippen LogP contribution >= 0.6 is 0 Å². The predicted octanol–water partition coefficient (Wildman–Crippen LogP) is 0.398. The van der Waals surface area contributed by atoms with Gasteiger partial charge in [0.15, 0.2) is 0 Å². The van der Waals surface area contributed by atoms with E-state index in [-0.39, 0.29) is 17.1 Å². The summed E-state index contributed by atoms with van der Waals surface area (Å²) >= 11 is 0. The molecule has 0 atom stereocenters. The van der Waals surface area contributed by atoms with E-state index in [0.29, 0.717) is 0 Å². The Bertz CT molecular complexity index is 339. The zero-order chi connectivity index (χ0) is 7.40. The molecule has 1 nitrogen and oxygen atoms in total. The van der Waals surface area contributed by atoms with Gasteiger partial charge in [0.05, 0.1) is 6.07 Å². The number of nitriles is 1. The summed E-state index contributed by atoms with van der Waals surface area (Å²) in [6.45, 7) is 3.72.